The first-order chi connectivity index (χ1) is 11.6. The number of methoxy groups -OCH3 is 1. The molecular formula is C18H15NO4S. The number of ether oxygens (including phenoxy) is 1. The van der Waals surface area contributed by atoms with Crippen LogP contribution in [-0.4, -0.2) is 29.3 Å². The van der Waals surface area contributed by atoms with Crippen molar-refractivity contribution in [3.05, 3.63) is 54.1 Å². The van der Waals surface area contributed by atoms with Crippen molar-refractivity contribution in [2.45, 2.75) is 16.2 Å². The van der Waals surface area contributed by atoms with Crippen molar-refractivity contribution in [3.63, 3.8) is 0 Å². The number of para-hydroxylation sites is 2. The molecule has 1 fully saturated rings. The van der Waals surface area contributed by atoms with E-state index >= 15 is 0 Å². The summed E-state index contributed by atoms with van der Waals surface area (Å²) in [6.07, 6.45) is -0.983. The van der Waals surface area contributed by atoms with Gasteiger partial charge in [0.25, 0.3) is 0 Å². The number of nitrogens with zero attached hydrogens (tertiary/aromatic N) is 1. The van der Waals surface area contributed by atoms with E-state index in [0.717, 1.165) is 9.80 Å². The number of aliphatic hydroxyl groups excluding tert-OH is 1. The second kappa shape index (κ2) is 5.65. The van der Waals surface area contributed by atoms with Crippen LogP contribution in [0.15, 0.2) is 53.4 Å². The molecule has 1 N–H and O–H groups in total. The summed E-state index contributed by atoms with van der Waals surface area (Å²) < 4.78 is 5.28. The van der Waals surface area contributed by atoms with E-state index in [2.05, 4.69) is 0 Å². The molecule has 0 spiro atoms. The molecule has 2 aliphatic heterocycles. The molecule has 6 heteroatoms. The van der Waals surface area contributed by atoms with Gasteiger partial charge >= 0.3 is 0 Å². The van der Waals surface area contributed by atoms with Gasteiger partial charge in [-0.25, -0.2) is 4.90 Å². The van der Waals surface area contributed by atoms with Gasteiger partial charge in [-0.05, 0) is 23.8 Å². The summed E-state index contributed by atoms with van der Waals surface area (Å²) in [7, 11) is 1.50. The molecule has 2 amide bonds. The van der Waals surface area contributed by atoms with E-state index in [9.17, 15) is 14.7 Å². The van der Waals surface area contributed by atoms with E-state index in [1.165, 1.54) is 18.9 Å². The molecule has 4 rings (SSSR count). The average Bonchev–Trinajstić information content (AvgIpc) is 2.86. The molecular weight excluding hydrogens is 326 g/mol. The topological polar surface area (TPSA) is 66.8 Å². The second-order valence-electron chi connectivity index (χ2n) is 5.73. The molecule has 0 bridgehead atoms. The van der Waals surface area contributed by atoms with Gasteiger partial charge in [-0.3, -0.25) is 9.59 Å². The number of benzene rings is 2. The second-order valence-corrected chi connectivity index (χ2v) is 6.91. The Labute approximate surface area is 143 Å². The summed E-state index contributed by atoms with van der Waals surface area (Å²) in [4.78, 5) is 27.8. The molecule has 0 aromatic heterocycles. The molecule has 2 aromatic rings. The third-order valence-corrected chi connectivity index (χ3v) is 5.83. The van der Waals surface area contributed by atoms with Gasteiger partial charge in [-0.2, -0.15) is 0 Å². The van der Waals surface area contributed by atoms with Gasteiger partial charge in [-0.1, -0.05) is 30.3 Å². The Bertz CT molecular complexity index is 837. The summed E-state index contributed by atoms with van der Waals surface area (Å²) in [5.41, 5.74) is 1.12. The molecule has 24 heavy (non-hydrogen) atoms. The third kappa shape index (κ3) is 2.07. The first-order valence-corrected chi connectivity index (χ1v) is 8.46. The third-order valence-electron chi connectivity index (χ3n) is 4.45. The first kappa shape index (κ1) is 15.2. The Kier molecular flexibility index (Phi) is 3.58. The quantitative estimate of drug-likeness (QED) is 0.850. The number of imide groups is 1. The standard InChI is InChI=1S/C18H15NO4S/c1-23-12-8-4-3-7-11(12)19-17(21)14-15(20)10-6-2-5-9-13(10)24-16(14)18(19)22/h2-9,14-16,20H,1H3/t14-,15+,16+/m1/s1. The summed E-state index contributed by atoms with van der Waals surface area (Å²) in [6.45, 7) is 0. The Balaban J connectivity index is 1.79. The van der Waals surface area contributed by atoms with Gasteiger partial charge in [0.2, 0.25) is 11.8 Å². The van der Waals surface area contributed by atoms with E-state index in [1.807, 2.05) is 18.2 Å². The summed E-state index contributed by atoms with van der Waals surface area (Å²) >= 11 is 1.34. The number of aliphatic hydroxyl groups is 1. The summed E-state index contributed by atoms with van der Waals surface area (Å²) in [5, 5.41) is 10.0. The van der Waals surface area contributed by atoms with Crippen LogP contribution in [0, 0.1) is 5.92 Å². The Hall–Kier alpha value is -2.31. The highest BCUT2D eigenvalue weighted by atomic mass is 32.2. The molecule has 0 aliphatic carbocycles. The maximum atomic E-state index is 12.9. The Morgan fingerprint density at radius 1 is 1.04 bits per heavy atom. The largest absolute Gasteiger partial charge is 0.495 e. The number of anilines is 1. The predicted octanol–water partition coefficient (Wildman–Crippen LogP) is 2.39. The predicted molar refractivity (Wildman–Crippen MR) is 90.0 cm³/mol. The summed E-state index contributed by atoms with van der Waals surface area (Å²) in [6, 6.07) is 14.3. The number of hydrogen-bond acceptors (Lipinski definition) is 5. The molecule has 1 saturated heterocycles. The molecule has 0 radical (unpaired) electrons. The van der Waals surface area contributed by atoms with Crippen molar-refractivity contribution in [1.29, 1.82) is 0 Å². The minimum Gasteiger partial charge on any atom is -0.495 e. The van der Waals surface area contributed by atoms with Crippen molar-refractivity contribution in [2.75, 3.05) is 12.0 Å². The number of carbonyl (C=O) groups excluding carboxylic acids is 2. The van der Waals surface area contributed by atoms with E-state index in [-0.39, 0.29) is 11.8 Å². The number of rotatable bonds is 2. The van der Waals surface area contributed by atoms with Gasteiger partial charge in [0, 0.05) is 4.90 Å². The van der Waals surface area contributed by atoms with Gasteiger partial charge in [0.1, 0.15) is 11.0 Å². The smallest absolute Gasteiger partial charge is 0.248 e. The lowest BCUT2D eigenvalue weighted by Gasteiger charge is -2.28. The number of fused-ring (bicyclic) bond motifs is 2. The lowest BCUT2D eigenvalue weighted by atomic mass is 9.93. The van der Waals surface area contributed by atoms with E-state index < -0.39 is 17.3 Å². The van der Waals surface area contributed by atoms with Crippen molar-refractivity contribution < 1.29 is 19.4 Å². The Morgan fingerprint density at radius 2 is 1.75 bits per heavy atom. The monoisotopic (exact) mass is 341 g/mol. The normalized spacial score (nSPS) is 25.4. The molecule has 2 aliphatic rings. The number of carbonyl (C=O) groups is 2. The zero-order valence-electron chi connectivity index (χ0n) is 12.9. The maximum Gasteiger partial charge on any atom is 0.248 e. The van der Waals surface area contributed by atoms with Crippen LogP contribution in [0.1, 0.15) is 11.7 Å². The van der Waals surface area contributed by atoms with Crippen LogP contribution in [0.4, 0.5) is 5.69 Å². The van der Waals surface area contributed by atoms with Crippen LogP contribution in [0.25, 0.3) is 0 Å². The lowest BCUT2D eigenvalue weighted by Crippen LogP contribution is -2.32. The zero-order chi connectivity index (χ0) is 16.8. The van der Waals surface area contributed by atoms with Crippen LogP contribution >= 0.6 is 11.8 Å². The fourth-order valence-electron chi connectivity index (χ4n) is 3.31. The van der Waals surface area contributed by atoms with Crippen molar-refractivity contribution in [3.8, 4) is 5.75 Å². The highest BCUT2D eigenvalue weighted by Crippen LogP contribution is 2.50. The minimum absolute atomic E-state index is 0.312. The van der Waals surface area contributed by atoms with Gasteiger partial charge in [0.15, 0.2) is 0 Å². The zero-order valence-corrected chi connectivity index (χ0v) is 13.7. The van der Waals surface area contributed by atoms with E-state index in [4.69, 9.17) is 4.74 Å². The van der Waals surface area contributed by atoms with Gasteiger partial charge in [-0.15, -0.1) is 11.8 Å². The fraction of sp³-hybridized carbons (Fsp3) is 0.222. The minimum atomic E-state index is -0.983. The number of amides is 2. The van der Waals surface area contributed by atoms with Crippen LogP contribution in [-0.2, 0) is 9.59 Å². The van der Waals surface area contributed by atoms with Gasteiger partial charge < -0.3 is 9.84 Å². The van der Waals surface area contributed by atoms with Crippen LogP contribution in [0.2, 0.25) is 0 Å². The van der Waals surface area contributed by atoms with Crippen LogP contribution in [0.5, 0.6) is 5.75 Å². The number of hydrogen-bond donors (Lipinski definition) is 1. The molecule has 2 aromatic carbocycles. The number of thioether (sulfide) groups is 1. The van der Waals surface area contributed by atoms with Crippen molar-refractivity contribution in [2.24, 2.45) is 5.92 Å². The molecule has 0 unspecified atom stereocenters. The molecule has 122 valence electrons. The van der Waals surface area contributed by atoms with Crippen molar-refractivity contribution >= 4 is 29.3 Å². The summed E-state index contributed by atoms with van der Waals surface area (Å²) in [5.74, 6) is -1.02. The van der Waals surface area contributed by atoms with Gasteiger partial charge in [0.05, 0.1) is 24.8 Å². The average molecular weight is 341 g/mol. The van der Waals surface area contributed by atoms with E-state index in [1.54, 1.807) is 30.3 Å². The van der Waals surface area contributed by atoms with E-state index in [0.29, 0.717) is 17.0 Å². The molecule has 2 heterocycles. The maximum absolute atomic E-state index is 12.9. The Morgan fingerprint density at radius 3 is 2.54 bits per heavy atom. The highest BCUT2D eigenvalue weighted by Gasteiger charge is 2.55. The molecule has 0 saturated carbocycles. The van der Waals surface area contributed by atoms with Crippen LogP contribution < -0.4 is 9.64 Å². The molecule has 5 nitrogen and oxygen atoms in total. The highest BCUT2D eigenvalue weighted by molar-refractivity contribution is 8.00. The molecule has 3 atom stereocenters. The van der Waals surface area contributed by atoms with Crippen LogP contribution in [0.3, 0.4) is 0 Å². The van der Waals surface area contributed by atoms with Crippen molar-refractivity contribution in [1.82, 2.24) is 0 Å². The fourth-order valence-corrected chi connectivity index (χ4v) is 4.68. The first-order valence-electron chi connectivity index (χ1n) is 7.58. The lowest BCUT2D eigenvalue weighted by molar-refractivity contribution is -0.124. The SMILES string of the molecule is COc1ccccc1N1C(=O)[C@H]2[C@H](Sc3ccccc3[C@@H]2O)C1=O.